The van der Waals surface area contributed by atoms with Crippen molar-refractivity contribution in [1.29, 1.82) is 0 Å². The van der Waals surface area contributed by atoms with Gasteiger partial charge in [0.05, 0.1) is 0 Å². The maximum Gasteiger partial charge on any atom is 0.0247 e. The lowest BCUT2D eigenvalue weighted by Gasteiger charge is -2.35. The SMILES string of the molecule is CN1C2CCC(N)C1CC2.Cl.Cl. The summed E-state index contributed by atoms with van der Waals surface area (Å²) >= 11 is 0. The van der Waals surface area contributed by atoms with Crippen molar-refractivity contribution in [2.24, 2.45) is 5.73 Å². The Balaban J connectivity index is 0.000000605. The smallest absolute Gasteiger partial charge is 0.0247 e. The van der Waals surface area contributed by atoms with Crippen LogP contribution in [0.2, 0.25) is 0 Å². The first-order chi connectivity index (χ1) is 4.79. The highest BCUT2D eigenvalue weighted by Gasteiger charge is 2.38. The monoisotopic (exact) mass is 212 g/mol. The summed E-state index contributed by atoms with van der Waals surface area (Å²) in [7, 11) is 2.22. The molecule has 3 atom stereocenters. The number of rotatable bonds is 0. The van der Waals surface area contributed by atoms with Gasteiger partial charge in [-0.05, 0) is 32.7 Å². The zero-order valence-corrected chi connectivity index (χ0v) is 9.03. The fraction of sp³-hybridized carbons (Fsp3) is 1.00. The van der Waals surface area contributed by atoms with Gasteiger partial charge in [-0.25, -0.2) is 0 Å². The van der Waals surface area contributed by atoms with Crippen molar-refractivity contribution in [2.75, 3.05) is 7.05 Å². The Morgan fingerprint density at radius 3 is 2.25 bits per heavy atom. The Morgan fingerprint density at radius 2 is 1.67 bits per heavy atom. The van der Waals surface area contributed by atoms with Gasteiger partial charge >= 0.3 is 0 Å². The summed E-state index contributed by atoms with van der Waals surface area (Å²) in [6.45, 7) is 0. The minimum absolute atomic E-state index is 0. The maximum atomic E-state index is 5.96. The summed E-state index contributed by atoms with van der Waals surface area (Å²) in [4.78, 5) is 2.48. The molecule has 0 radical (unpaired) electrons. The van der Waals surface area contributed by atoms with E-state index in [0.29, 0.717) is 12.1 Å². The van der Waals surface area contributed by atoms with Crippen molar-refractivity contribution in [3.63, 3.8) is 0 Å². The van der Waals surface area contributed by atoms with Crippen LogP contribution in [0.25, 0.3) is 0 Å². The highest BCUT2D eigenvalue weighted by molar-refractivity contribution is 5.85. The number of piperidine rings is 1. The Bertz CT molecular complexity index is 143. The van der Waals surface area contributed by atoms with Gasteiger partial charge in [-0.15, -0.1) is 24.8 Å². The van der Waals surface area contributed by atoms with Gasteiger partial charge in [0, 0.05) is 18.1 Å². The zero-order valence-electron chi connectivity index (χ0n) is 7.40. The van der Waals surface area contributed by atoms with E-state index < -0.39 is 0 Å². The number of nitrogens with two attached hydrogens (primary N) is 1. The Hall–Kier alpha value is 0.500. The molecule has 2 nitrogen and oxygen atoms in total. The van der Waals surface area contributed by atoms with Crippen LogP contribution in [-0.2, 0) is 0 Å². The van der Waals surface area contributed by atoms with E-state index in [1.54, 1.807) is 0 Å². The van der Waals surface area contributed by atoms with Gasteiger partial charge < -0.3 is 5.73 Å². The molecule has 2 fully saturated rings. The van der Waals surface area contributed by atoms with Crippen LogP contribution in [0.1, 0.15) is 25.7 Å². The summed E-state index contributed by atoms with van der Waals surface area (Å²) < 4.78 is 0. The Morgan fingerprint density at radius 1 is 1.08 bits per heavy atom. The third kappa shape index (κ3) is 1.87. The van der Waals surface area contributed by atoms with E-state index in [1.807, 2.05) is 0 Å². The van der Waals surface area contributed by atoms with Crippen molar-refractivity contribution >= 4 is 24.8 Å². The average molecular weight is 213 g/mol. The quantitative estimate of drug-likeness (QED) is 0.659. The zero-order chi connectivity index (χ0) is 7.14. The lowest BCUT2D eigenvalue weighted by molar-refractivity contribution is 0.158. The third-order valence-electron chi connectivity index (χ3n) is 3.22. The second-order valence-corrected chi connectivity index (χ2v) is 3.71. The van der Waals surface area contributed by atoms with Crippen LogP contribution in [-0.4, -0.2) is 30.1 Å². The normalized spacial score (nSPS) is 40.0. The van der Waals surface area contributed by atoms with Crippen LogP contribution in [0, 0.1) is 0 Å². The first kappa shape index (κ1) is 12.5. The first-order valence-electron chi connectivity index (χ1n) is 4.26. The lowest BCUT2D eigenvalue weighted by atomic mass is 9.99. The van der Waals surface area contributed by atoms with E-state index in [2.05, 4.69) is 11.9 Å². The average Bonchev–Trinajstić information content (AvgIpc) is 2.13. The predicted octanol–water partition coefficient (Wildman–Crippen LogP) is 1.41. The summed E-state index contributed by atoms with van der Waals surface area (Å²) in [5, 5.41) is 0. The molecule has 12 heavy (non-hydrogen) atoms. The topological polar surface area (TPSA) is 29.3 Å². The first-order valence-corrected chi connectivity index (χ1v) is 4.26. The predicted molar refractivity (Wildman–Crippen MR) is 56.3 cm³/mol. The number of likely N-dealkylation sites (N-methyl/N-ethyl adjacent to an activating group) is 1. The second kappa shape index (κ2) is 4.66. The highest BCUT2D eigenvalue weighted by atomic mass is 35.5. The van der Waals surface area contributed by atoms with Crippen molar-refractivity contribution in [2.45, 2.75) is 43.8 Å². The van der Waals surface area contributed by atoms with Gasteiger partial charge in [0.2, 0.25) is 0 Å². The second-order valence-electron chi connectivity index (χ2n) is 3.71. The molecule has 74 valence electrons. The lowest BCUT2D eigenvalue weighted by Crippen LogP contribution is -2.48. The molecule has 2 aliphatic heterocycles. The van der Waals surface area contributed by atoms with Crippen molar-refractivity contribution in [1.82, 2.24) is 4.90 Å². The minimum Gasteiger partial charge on any atom is -0.326 e. The summed E-state index contributed by atoms with van der Waals surface area (Å²) in [6, 6.07) is 2.03. The molecule has 2 aliphatic rings. The van der Waals surface area contributed by atoms with E-state index in [-0.39, 0.29) is 24.8 Å². The van der Waals surface area contributed by atoms with Crippen LogP contribution < -0.4 is 5.73 Å². The summed E-state index contributed by atoms with van der Waals surface area (Å²) in [5.74, 6) is 0. The van der Waals surface area contributed by atoms with Crippen LogP contribution >= 0.6 is 24.8 Å². The summed E-state index contributed by atoms with van der Waals surface area (Å²) in [6.07, 6.45) is 5.30. The molecule has 0 aromatic heterocycles. The van der Waals surface area contributed by atoms with Gasteiger partial charge in [-0.2, -0.15) is 0 Å². The van der Waals surface area contributed by atoms with Crippen molar-refractivity contribution in [3.8, 4) is 0 Å². The molecule has 0 amide bonds. The molecule has 2 N–H and O–H groups in total. The molecule has 2 heterocycles. The molecule has 0 aliphatic carbocycles. The molecule has 2 rings (SSSR count). The van der Waals surface area contributed by atoms with Crippen LogP contribution in [0.5, 0.6) is 0 Å². The van der Waals surface area contributed by atoms with Crippen molar-refractivity contribution < 1.29 is 0 Å². The molecule has 4 heteroatoms. The molecule has 0 aromatic carbocycles. The van der Waals surface area contributed by atoms with Crippen molar-refractivity contribution in [3.05, 3.63) is 0 Å². The third-order valence-corrected chi connectivity index (χ3v) is 3.22. The fourth-order valence-electron chi connectivity index (χ4n) is 2.48. The minimum atomic E-state index is 0. The molecule has 0 aromatic rings. The highest BCUT2D eigenvalue weighted by Crippen LogP contribution is 2.32. The molecule has 2 saturated heterocycles. The van der Waals surface area contributed by atoms with E-state index >= 15 is 0 Å². The number of hydrogen-bond donors (Lipinski definition) is 1. The molecular weight excluding hydrogens is 195 g/mol. The summed E-state index contributed by atoms with van der Waals surface area (Å²) in [5.41, 5.74) is 5.96. The number of nitrogens with zero attached hydrogens (tertiary/aromatic N) is 1. The van der Waals surface area contributed by atoms with E-state index in [4.69, 9.17) is 5.73 Å². The Labute approximate surface area is 86.7 Å². The van der Waals surface area contributed by atoms with Gasteiger partial charge in [0.1, 0.15) is 0 Å². The van der Waals surface area contributed by atoms with E-state index in [1.165, 1.54) is 25.7 Å². The molecule has 0 spiro atoms. The largest absolute Gasteiger partial charge is 0.326 e. The molecule has 2 bridgehead atoms. The van der Waals surface area contributed by atoms with E-state index in [9.17, 15) is 0 Å². The number of fused-ring (bicyclic) bond motifs is 2. The fourth-order valence-corrected chi connectivity index (χ4v) is 2.48. The number of hydrogen-bond acceptors (Lipinski definition) is 2. The van der Waals surface area contributed by atoms with E-state index in [0.717, 1.165) is 6.04 Å². The van der Waals surface area contributed by atoms with Crippen LogP contribution in [0.4, 0.5) is 0 Å². The molecular formula is C8H18Cl2N2. The number of halogens is 2. The Kier molecular flexibility index (Phi) is 4.85. The van der Waals surface area contributed by atoms with Gasteiger partial charge in [0.15, 0.2) is 0 Å². The van der Waals surface area contributed by atoms with Gasteiger partial charge in [0.25, 0.3) is 0 Å². The maximum absolute atomic E-state index is 5.96. The van der Waals surface area contributed by atoms with Crippen LogP contribution in [0.3, 0.4) is 0 Å². The standard InChI is InChI=1S/C8H16N2.2ClH/c1-10-6-2-4-7(9)8(10)5-3-6;;/h6-8H,2-5,9H2,1H3;2*1H. The molecule has 3 unspecified atom stereocenters. The van der Waals surface area contributed by atoms with Gasteiger partial charge in [-0.1, -0.05) is 0 Å². The van der Waals surface area contributed by atoms with Crippen LogP contribution in [0.15, 0.2) is 0 Å². The molecule has 0 saturated carbocycles. The van der Waals surface area contributed by atoms with Gasteiger partial charge in [-0.3, -0.25) is 4.90 Å².